The second kappa shape index (κ2) is 8.01. The first-order valence-corrected chi connectivity index (χ1v) is 8.88. The van der Waals surface area contributed by atoms with Crippen LogP contribution < -0.4 is 5.48 Å². The summed E-state index contributed by atoms with van der Waals surface area (Å²) in [5, 5.41) is 8.62. The lowest BCUT2D eigenvalue weighted by molar-refractivity contribution is -0.124. The second-order valence-electron chi connectivity index (χ2n) is 6.63. The molecule has 3 aromatic rings. The summed E-state index contributed by atoms with van der Waals surface area (Å²) >= 11 is 0. The third-order valence-corrected chi connectivity index (χ3v) is 4.33. The standard InChI is InChI=1S/C22H23N3O2/c1-15(2)25-21(18-9-5-4-6-10-18)16(3)23-22(25)19-11-7-8-17(14-19)12-13-20(26)24-27/h4-15,27H,1-3H3,(H,24,26)/b13-12+. The Hall–Kier alpha value is -3.18. The van der Waals surface area contributed by atoms with Crippen molar-refractivity contribution in [1.82, 2.24) is 15.0 Å². The molecule has 0 radical (unpaired) electrons. The molecule has 0 atom stereocenters. The van der Waals surface area contributed by atoms with Crippen LogP contribution in [0.1, 0.15) is 31.1 Å². The Morgan fingerprint density at radius 2 is 1.81 bits per heavy atom. The van der Waals surface area contributed by atoms with E-state index in [0.29, 0.717) is 0 Å². The maximum atomic E-state index is 11.2. The highest BCUT2D eigenvalue weighted by atomic mass is 16.5. The van der Waals surface area contributed by atoms with Gasteiger partial charge < -0.3 is 4.57 Å². The number of amides is 1. The molecule has 1 heterocycles. The molecule has 0 saturated carbocycles. The van der Waals surface area contributed by atoms with Gasteiger partial charge in [-0.25, -0.2) is 10.5 Å². The van der Waals surface area contributed by atoms with E-state index in [1.165, 1.54) is 6.08 Å². The van der Waals surface area contributed by atoms with Gasteiger partial charge in [0.25, 0.3) is 5.91 Å². The van der Waals surface area contributed by atoms with Gasteiger partial charge in [0.2, 0.25) is 0 Å². The van der Waals surface area contributed by atoms with Crippen molar-refractivity contribution in [1.29, 1.82) is 0 Å². The Labute approximate surface area is 159 Å². The zero-order chi connectivity index (χ0) is 19.4. The number of nitrogens with one attached hydrogen (secondary N) is 1. The molecule has 5 heteroatoms. The number of hydrogen-bond donors (Lipinski definition) is 2. The van der Waals surface area contributed by atoms with E-state index in [2.05, 4.69) is 30.5 Å². The maximum absolute atomic E-state index is 11.2. The molecule has 0 aliphatic heterocycles. The number of imidazole rings is 1. The van der Waals surface area contributed by atoms with Crippen LogP contribution in [0.2, 0.25) is 0 Å². The van der Waals surface area contributed by atoms with Crippen molar-refractivity contribution in [2.24, 2.45) is 0 Å². The molecule has 27 heavy (non-hydrogen) atoms. The van der Waals surface area contributed by atoms with E-state index in [4.69, 9.17) is 10.2 Å². The van der Waals surface area contributed by atoms with E-state index >= 15 is 0 Å². The quantitative estimate of drug-likeness (QED) is 0.396. The lowest BCUT2D eigenvalue weighted by Gasteiger charge is -2.16. The SMILES string of the molecule is Cc1nc(-c2cccc(/C=C/C(=O)NO)c2)n(C(C)C)c1-c1ccccc1. The van der Waals surface area contributed by atoms with Gasteiger partial charge in [-0.2, -0.15) is 0 Å². The van der Waals surface area contributed by atoms with Crippen LogP contribution in [0.25, 0.3) is 28.7 Å². The molecule has 5 nitrogen and oxygen atoms in total. The van der Waals surface area contributed by atoms with Crippen molar-refractivity contribution in [3.05, 3.63) is 71.9 Å². The number of benzene rings is 2. The van der Waals surface area contributed by atoms with Crippen molar-refractivity contribution < 1.29 is 10.0 Å². The fourth-order valence-electron chi connectivity index (χ4n) is 3.19. The lowest BCUT2D eigenvalue weighted by Crippen LogP contribution is -2.14. The average Bonchev–Trinajstić information content (AvgIpc) is 3.04. The Bertz CT molecular complexity index is 972. The van der Waals surface area contributed by atoms with E-state index in [9.17, 15) is 4.79 Å². The minimum absolute atomic E-state index is 0.232. The van der Waals surface area contributed by atoms with Gasteiger partial charge in [-0.15, -0.1) is 0 Å². The highest BCUT2D eigenvalue weighted by molar-refractivity contribution is 5.91. The van der Waals surface area contributed by atoms with Crippen molar-refractivity contribution in [2.45, 2.75) is 26.8 Å². The second-order valence-corrected chi connectivity index (χ2v) is 6.63. The van der Waals surface area contributed by atoms with Gasteiger partial charge in [0.1, 0.15) is 5.82 Å². The number of hydroxylamine groups is 1. The Kier molecular flexibility index (Phi) is 5.52. The predicted octanol–water partition coefficient (Wildman–Crippen LogP) is 4.63. The third kappa shape index (κ3) is 3.99. The van der Waals surface area contributed by atoms with Crippen molar-refractivity contribution in [3.8, 4) is 22.6 Å². The lowest BCUT2D eigenvalue weighted by atomic mass is 10.1. The van der Waals surface area contributed by atoms with E-state index in [1.54, 1.807) is 11.6 Å². The zero-order valence-corrected chi connectivity index (χ0v) is 15.7. The third-order valence-electron chi connectivity index (χ3n) is 4.33. The largest absolute Gasteiger partial charge is 0.321 e. The van der Waals surface area contributed by atoms with Gasteiger partial charge in [-0.3, -0.25) is 10.0 Å². The minimum atomic E-state index is -0.564. The first-order chi connectivity index (χ1) is 13.0. The summed E-state index contributed by atoms with van der Waals surface area (Å²) in [6.07, 6.45) is 2.94. The van der Waals surface area contributed by atoms with Crippen molar-refractivity contribution >= 4 is 12.0 Å². The van der Waals surface area contributed by atoms with Crippen LogP contribution in [0.5, 0.6) is 0 Å². The van der Waals surface area contributed by atoms with Gasteiger partial charge in [-0.05, 0) is 38.5 Å². The molecule has 138 valence electrons. The Morgan fingerprint density at radius 3 is 2.48 bits per heavy atom. The normalized spacial score (nSPS) is 11.3. The first kappa shape index (κ1) is 18.6. The predicted molar refractivity (Wildman–Crippen MR) is 107 cm³/mol. The molecule has 1 aromatic heterocycles. The molecule has 1 amide bonds. The molecular weight excluding hydrogens is 338 g/mol. The van der Waals surface area contributed by atoms with E-state index in [1.807, 2.05) is 49.4 Å². The summed E-state index contributed by atoms with van der Waals surface area (Å²) in [4.78, 5) is 16.1. The molecule has 2 N–H and O–H groups in total. The summed E-state index contributed by atoms with van der Waals surface area (Å²) in [7, 11) is 0. The van der Waals surface area contributed by atoms with Crippen LogP contribution in [0, 0.1) is 6.92 Å². The van der Waals surface area contributed by atoms with Gasteiger partial charge in [0.15, 0.2) is 0 Å². The van der Waals surface area contributed by atoms with E-state index in [-0.39, 0.29) is 6.04 Å². The molecule has 0 unspecified atom stereocenters. The van der Waals surface area contributed by atoms with Gasteiger partial charge >= 0.3 is 0 Å². The molecule has 0 aliphatic carbocycles. The van der Waals surface area contributed by atoms with E-state index < -0.39 is 5.91 Å². The highest BCUT2D eigenvalue weighted by Gasteiger charge is 2.19. The van der Waals surface area contributed by atoms with Gasteiger partial charge in [0, 0.05) is 23.2 Å². The average molecular weight is 361 g/mol. The number of aromatic nitrogens is 2. The molecule has 2 aromatic carbocycles. The fraction of sp³-hybridized carbons (Fsp3) is 0.182. The van der Waals surface area contributed by atoms with Crippen LogP contribution in [0.15, 0.2) is 60.7 Å². The number of aryl methyl sites for hydroxylation is 1. The van der Waals surface area contributed by atoms with E-state index in [0.717, 1.165) is 33.9 Å². The van der Waals surface area contributed by atoms with Crippen molar-refractivity contribution in [2.75, 3.05) is 0 Å². The minimum Gasteiger partial charge on any atom is -0.321 e. The summed E-state index contributed by atoms with van der Waals surface area (Å²) in [6, 6.07) is 18.3. The topological polar surface area (TPSA) is 67.2 Å². The Morgan fingerprint density at radius 1 is 1.11 bits per heavy atom. The number of nitrogens with zero attached hydrogens (tertiary/aromatic N) is 2. The first-order valence-electron chi connectivity index (χ1n) is 8.88. The molecule has 0 saturated heterocycles. The number of carbonyl (C=O) groups excluding carboxylic acids is 1. The Balaban J connectivity index is 2.10. The zero-order valence-electron chi connectivity index (χ0n) is 15.7. The summed E-state index contributed by atoms with van der Waals surface area (Å²) in [5.41, 5.74) is 6.65. The summed E-state index contributed by atoms with van der Waals surface area (Å²) in [5.74, 6) is 0.328. The number of carbonyl (C=O) groups is 1. The van der Waals surface area contributed by atoms with Gasteiger partial charge in [-0.1, -0.05) is 48.5 Å². The van der Waals surface area contributed by atoms with Crippen LogP contribution in [0.4, 0.5) is 0 Å². The monoisotopic (exact) mass is 361 g/mol. The molecule has 0 aliphatic rings. The van der Waals surface area contributed by atoms with Crippen LogP contribution >= 0.6 is 0 Å². The number of hydrogen-bond acceptors (Lipinski definition) is 3. The molecular formula is C22H23N3O2. The highest BCUT2D eigenvalue weighted by Crippen LogP contribution is 2.33. The van der Waals surface area contributed by atoms with Gasteiger partial charge in [0.05, 0.1) is 11.4 Å². The molecule has 0 spiro atoms. The van der Waals surface area contributed by atoms with Crippen LogP contribution in [-0.4, -0.2) is 20.7 Å². The molecule has 0 bridgehead atoms. The smallest absolute Gasteiger partial charge is 0.267 e. The summed E-state index contributed by atoms with van der Waals surface area (Å²) < 4.78 is 2.24. The summed E-state index contributed by atoms with van der Waals surface area (Å²) in [6.45, 7) is 6.32. The fourth-order valence-corrected chi connectivity index (χ4v) is 3.19. The van der Waals surface area contributed by atoms with Crippen LogP contribution in [-0.2, 0) is 4.79 Å². The van der Waals surface area contributed by atoms with Crippen LogP contribution in [0.3, 0.4) is 0 Å². The number of rotatable bonds is 5. The molecule has 3 rings (SSSR count). The molecule has 0 fully saturated rings. The van der Waals surface area contributed by atoms with Crippen molar-refractivity contribution in [3.63, 3.8) is 0 Å². The maximum Gasteiger partial charge on any atom is 0.267 e.